The van der Waals surface area contributed by atoms with Crippen molar-refractivity contribution in [2.45, 2.75) is 13.3 Å². The van der Waals surface area contributed by atoms with Crippen LogP contribution >= 0.6 is 0 Å². The standard InChI is InChI=1S/C12H14O2/c1-3-10(7-8-13)11-5-4-6-12(9-11)14-2/h4-9H,3H2,1-2H3/b10-7-. The van der Waals surface area contributed by atoms with Crippen LogP contribution in [-0.2, 0) is 4.79 Å². The summed E-state index contributed by atoms with van der Waals surface area (Å²) in [5, 5.41) is 0. The molecule has 0 unspecified atom stereocenters. The molecule has 0 aliphatic rings. The molecule has 1 aromatic carbocycles. The van der Waals surface area contributed by atoms with E-state index in [9.17, 15) is 4.79 Å². The molecule has 0 saturated carbocycles. The Morgan fingerprint density at radius 2 is 2.29 bits per heavy atom. The molecule has 2 heteroatoms. The third kappa shape index (κ3) is 2.46. The SMILES string of the molecule is CC/C(=C/C=O)c1cccc(OC)c1. The van der Waals surface area contributed by atoms with Crippen molar-refractivity contribution in [2.24, 2.45) is 0 Å². The van der Waals surface area contributed by atoms with E-state index in [1.807, 2.05) is 31.2 Å². The first-order chi connectivity index (χ1) is 6.81. The fourth-order valence-corrected chi connectivity index (χ4v) is 1.32. The molecule has 0 bridgehead atoms. The van der Waals surface area contributed by atoms with Crippen LogP contribution < -0.4 is 4.74 Å². The van der Waals surface area contributed by atoms with Crippen molar-refractivity contribution in [3.8, 4) is 5.75 Å². The van der Waals surface area contributed by atoms with Crippen molar-refractivity contribution in [1.82, 2.24) is 0 Å². The minimum atomic E-state index is 0.813. The van der Waals surface area contributed by atoms with Crippen LogP contribution in [0.25, 0.3) is 5.57 Å². The van der Waals surface area contributed by atoms with Gasteiger partial charge in [-0.2, -0.15) is 0 Å². The Balaban J connectivity index is 3.04. The Labute approximate surface area is 84.2 Å². The lowest BCUT2D eigenvalue weighted by Gasteiger charge is -2.05. The fraction of sp³-hybridized carbons (Fsp3) is 0.250. The Bertz CT molecular complexity index is 340. The molecule has 0 spiro atoms. The lowest BCUT2D eigenvalue weighted by Crippen LogP contribution is -1.87. The van der Waals surface area contributed by atoms with Gasteiger partial charge in [0.2, 0.25) is 0 Å². The maximum absolute atomic E-state index is 10.4. The zero-order chi connectivity index (χ0) is 10.4. The lowest BCUT2D eigenvalue weighted by molar-refractivity contribution is -0.104. The van der Waals surface area contributed by atoms with Crippen molar-refractivity contribution >= 4 is 11.9 Å². The normalized spacial score (nSPS) is 11.1. The summed E-state index contributed by atoms with van der Waals surface area (Å²) in [5.74, 6) is 0.813. The van der Waals surface area contributed by atoms with E-state index in [0.717, 1.165) is 29.6 Å². The molecule has 14 heavy (non-hydrogen) atoms. The third-order valence-corrected chi connectivity index (χ3v) is 2.09. The average molecular weight is 190 g/mol. The molecular weight excluding hydrogens is 176 g/mol. The van der Waals surface area contributed by atoms with E-state index in [2.05, 4.69) is 0 Å². The molecule has 0 amide bonds. The maximum Gasteiger partial charge on any atom is 0.143 e. The van der Waals surface area contributed by atoms with Gasteiger partial charge in [0.25, 0.3) is 0 Å². The van der Waals surface area contributed by atoms with Crippen LogP contribution in [0.15, 0.2) is 30.3 Å². The van der Waals surface area contributed by atoms with Gasteiger partial charge in [0.15, 0.2) is 0 Å². The van der Waals surface area contributed by atoms with Crippen LogP contribution in [0.3, 0.4) is 0 Å². The summed E-state index contributed by atoms with van der Waals surface area (Å²) in [6, 6.07) is 7.71. The number of methoxy groups -OCH3 is 1. The highest BCUT2D eigenvalue weighted by Gasteiger charge is 1.99. The summed E-state index contributed by atoms with van der Waals surface area (Å²) < 4.78 is 5.11. The molecule has 2 nitrogen and oxygen atoms in total. The average Bonchev–Trinajstić information content (AvgIpc) is 2.26. The molecule has 0 N–H and O–H groups in total. The molecular formula is C12H14O2. The van der Waals surface area contributed by atoms with E-state index in [-0.39, 0.29) is 0 Å². The quantitative estimate of drug-likeness (QED) is 0.539. The van der Waals surface area contributed by atoms with E-state index in [1.165, 1.54) is 0 Å². The summed E-state index contributed by atoms with van der Waals surface area (Å²) in [4.78, 5) is 10.4. The van der Waals surface area contributed by atoms with E-state index >= 15 is 0 Å². The van der Waals surface area contributed by atoms with Gasteiger partial charge in [-0.1, -0.05) is 19.1 Å². The first-order valence-electron chi connectivity index (χ1n) is 4.60. The number of allylic oxidation sites excluding steroid dienone is 2. The Morgan fingerprint density at radius 1 is 1.50 bits per heavy atom. The van der Waals surface area contributed by atoms with Crippen LogP contribution in [0.1, 0.15) is 18.9 Å². The highest BCUT2D eigenvalue weighted by atomic mass is 16.5. The Kier molecular flexibility index (Phi) is 3.92. The zero-order valence-electron chi connectivity index (χ0n) is 8.49. The van der Waals surface area contributed by atoms with Gasteiger partial charge in [0.1, 0.15) is 12.0 Å². The second-order valence-corrected chi connectivity index (χ2v) is 2.91. The molecule has 74 valence electrons. The summed E-state index contributed by atoms with van der Waals surface area (Å²) in [5.41, 5.74) is 2.07. The molecule has 0 fully saturated rings. The van der Waals surface area contributed by atoms with Crippen molar-refractivity contribution < 1.29 is 9.53 Å². The van der Waals surface area contributed by atoms with Crippen LogP contribution in [-0.4, -0.2) is 13.4 Å². The van der Waals surface area contributed by atoms with Crippen molar-refractivity contribution in [1.29, 1.82) is 0 Å². The van der Waals surface area contributed by atoms with Gasteiger partial charge in [0, 0.05) is 0 Å². The molecule has 0 aliphatic heterocycles. The third-order valence-electron chi connectivity index (χ3n) is 2.09. The summed E-state index contributed by atoms with van der Waals surface area (Å²) in [6.45, 7) is 2.02. The van der Waals surface area contributed by atoms with Gasteiger partial charge < -0.3 is 4.74 Å². The summed E-state index contributed by atoms with van der Waals surface area (Å²) in [7, 11) is 1.63. The van der Waals surface area contributed by atoms with E-state index in [0.29, 0.717) is 0 Å². The van der Waals surface area contributed by atoms with Crippen LogP contribution in [0, 0.1) is 0 Å². The van der Waals surface area contributed by atoms with Gasteiger partial charge in [-0.3, -0.25) is 4.79 Å². The number of rotatable bonds is 4. The molecule has 1 aromatic rings. The van der Waals surface area contributed by atoms with Gasteiger partial charge in [0.05, 0.1) is 7.11 Å². The molecule has 0 saturated heterocycles. The highest BCUT2D eigenvalue weighted by molar-refractivity contribution is 5.81. The number of benzene rings is 1. The molecule has 0 aliphatic carbocycles. The highest BCUT2D eigenvalue weighted by Crippen LogP contribution is 2.21. The maximum atomic E-state index is 10.4. The van der Waals surface area contributed by atoms with E-state index in [4.69, 9.17) is 4.74 Å². The second kappa shape index (κ2) is 5.22. The van der Waals surface area contributed by atoms with Crippen molar-refractivity contribution in [3.05, 3.63) is 35.9 Å². The molecule has 0 atom stereocenters. The number of carbonyl (C=O) groups is 1. The van der Waals surface area contributed by atoms with Gasteiger partial charge in [-0.25, -0.2) is 0 Å². The first-order valence-corrected chi connectivity index (χ1v) is 4.60. The zero-order valence-corrected chi connectivity index (χ0v) is 8.49. The van der Waals surface area contributed by atoms with E-state index < -0.39 is 0 Å². The number of carbonyl (C=O) groups excluding carboxylic acids is 1. The van der Waals surface area contributed by atoms with Gasteiger partial charge in [-0.15, -0.1) is 0 Å². The minimum Gasteiger partial charge on any atom is -0.497 e. The van der Waals surface area contributed by atoms with Crippen LogP contribution in [0.4, 0.5) is 0 Å². The van der Waals surface area contributed by atoms with E-state index in [1.54, 1.807) is 13.2 Å². The molecule has 0 heterocycles. The molecule has 0 radical (unpaired) electrons. The van der Waals surface area contributed by atoms with Crippen molar-refractivity contribution in [3.63, 3.8) is 0 Å². The topological polar surface area (TPSA) is 26.3 Å². The van der Waals surface area contributed by atoms with Gasteiger partial charge in [-0.05, 0) is 35.8 Å². The first kappa shape index (κ1) is 10.5. The van der Waals surface area contributed by atoms with Gasteiger partial charge >= 0.3 is 0 Å². The number of aldehydes is 1. The summed E-state index contributed by atoms with van der Waals surface area (Å²) in [6.07, 6.45) is 3.25. The van der Waals surface area contributed by atoms with Crippen LogP contribution in [0.2, 0.25) is 0 Å². The smallest absolute Gasteiger partial charge is 0.143 e. The number of ether oxygens (including phenoxy) is 1. The molecule has 1 rings (SSSR count). The Hall–Kier alpha value is -1.57. The largest absolute Gasteiger partial charge is 0.497 e. The summed E-state index contributed by atoms with van der Waals surface area (Å²) >= 11 is 0. The minimum absolute atomic E-state index is 0.813. The second-order valence-electron chi connectivity index (χ2n) is 2.91. The monoisotopic (exact) mass is 190 g/mol. The lowest BCUT2D eigenvalue weighted by atomic mass is 10.0. The fourth-order valence-electron chi connectivity index (χ4n) is 1.32. The number of hydrogen-bond acceptors (Lipinski definition) is 2. The van der Waals surface area contributed by atoms with Crippen LogP contribution in [0.5, 0.6) is 5.75 Å². The predicted molar refractivity (Wildman–Crippen MR) is 57.3 cm³/mol. The van der Waals surface area contributed by atoms with Crippen molar-refractivity contribution in [2.75, 3.05) is 7.11 Å². The Morgan fingerprint density at radius 3 is 2.86 bits per heavy atom. The predicted octanol–water partition coefficient (Wildman–Crippen LogP) is 2.69. The number of hydrogen-bond donors (Lipinski definition) is 0. The molecule has 0 aromatic heterocycles.